The monoisotopic (exact) mass is 351 g/mol. The molecular weight excluding hydrogens is 326 g/mol. The predicted octanol–water partition coefficient (Wildman–Crippen LogP) is 2.16. The molecule has 0 saturated heterocycles. The van der Waals surface area contributed by atoms with E-state index in [-0.39, 0.29) is 12.3 Å². The van der Waals surface area contributed by atoms with Crippen molar-refractivity contribution in [2.24, 2.45) is 0 Å². The van der Waals surface area contributed by atoms with Gasteiger partial charge < -0.3 is 25.4 Å². The molecule has 8 heteroatoms. The second-order valence-corrected chi connectivity index (χ2v) is 6.47. The van der Waals surface area contributed by atoms with Crippen molar-refractivity contribution in [1.29, 1.82) is 0 Å². The van der Waals surface area contributed by atoms with Crippen LogP contribution in [0.5, 0.6) is 5.75 Å². The lowest BCUT2D eigenvalue weighted by Crippen LogP contribution is -2.45. The number of nitrogens with zero attached hydrogens (tertiary/aromatic N) is 1. The first-order chi connectivity index (χ1) is 11.6. The number of carboxylic acids is 1. The smallest absolute Gasteiger partial charge is 0.319 e. The topological polar surface area (TPSA) is 108 Å². The Morgan fingerprint density at radius 1 is 1.24 bits per heavy atom. The molecule has 0 aliphatic carbocycles. The molecule has 0 aromatic heterocycles. The summed E-state index contributed by atoms with van der Waals surface area (Å²) in [5.74, 6) is -0.742. The zero-order valence-electron chi connectivity index (χ0n) is 15.2. The molecule has 1 rings (SSSR count). The highest BCUT2D eigenvalue weighted by molar-refractivity contribution is 5.97. The molecule has 0 aliphatic rings. The van der Waals surface area contributed by atoms with E-state index >= 15 is 0 Å². The standard InChI is InChI=1S/C17H25N3O5/c1-17(2,9-8-14(21)22)19-16(24)18-12-7-6-11(10-13(12)25-5)15(23)20(3)4/h6-7,10H,8-9H2,1-5H3,(H,21,22)(H2,18,19,24). The number of anilines is 1. The van der Waals surface area contributed by atoms with E-state index in [4.69, 9.17) is 9.84 Å². The van der Waals surface area contributed by atoms with Gasteiger partial charge in [-0.25, -0.2) is 4.79 Å². The minimum absolute atomic E-state index is 0.0437. The summed E-state index contributed by atoms with van der Waals surface area (Å²) < 4.78 is 5.23. The number of hydrogen-bond acceptors (Lipinski definition) is 4. The van der Waals surface area contributed by atoms with Gasteiger partial charge in [-0.05, 0) is 38.5 Å². The summed E-state index contributed by atoms with van der Waals surface area (Å²) in [7, 11) is 4.74. The van der Waals surface area contributed by atoms with E-state index in [1.165, 1.54) is 12.0 Å². The summed E-state index contributed by atoms with van der Waals surface area (Å²) >= 11 is 0. The van der Waals surface area contributed by atoms with Gasteiger partial charge in [-0.3, -0.25) is 9.59 Å². The van der Waals surface area contributed by atoms with Gasteiger partial charge in [-0.2, -0.15) is 0 Å². The zero-order valence-corrected chi connectivity index (χ0v) is 15.2. The fourth-order valence-electron chi connectivity index (χ4n) is 2.13. The first-order valence-corrected chi connectivity index (χ1v) is 7.76. The molecule has 25 heavy (non-hydrogen) atoms. The molecule has 3 N–H and O–H groups in total. The predicted molar refractivity (Wildman–Crippen MR) is 94.1 cm³/mol. The first-order valence-electron chi connectivity index (χ1n) is 7.76. The van der Waals surface area contributed by atoms with Gasteiger partial charge in [0.1, 0.15) is 5.75 Å². The van der Waals surface area contributed by atoms with Gasteiger partial charge in [0.25, 0.3) is 5.91 Å². The molecule has 138 valence electrons. The van der Waals surface area contributed by atoms with Crippen molar-refractivity contribution in [1.82, 2.24) is 10.2 Å². The number of aliphatic carboxylic acids is 1. The van der Waals surface area contributed by atoms with Crippen LogP contribution in [0.25, 0.3) is 0 Å². The summed E-state index contributed by atoms with van der Waals surface area (Å²) in [4.78, 5) is 36.3. The third-order valence-electron chi connectivity index (χ3n) is 3.52. The van der Waals surface area contributed by atoms with Gasteiger partial charge in [-0.1, -0.05) is 0 Å². The van der Waals surface area contributed by atoms with Crippen molar-refractivity contribution in [3.8, 4) is 5.75 Å². The van der Waals surface area contributed by atoms with E-state index < -0.39 is 17.5 Å². The summed E-state index contributed by atoms with van der Waals surface area (Å²) in [5, 5.41) is 14.1. The molecule has 0 heterocycles. The quantitative estimate of drug-likeness (QED) is 0.698. The number of nitrogens with one attached hydrogen (secondary N) is 2. The van der Waals surface area contributed by atoms with E-state index in [0.29, 0.717) is 23.4 Å². The molecule has 8 nitrogen and oxygen atoms in total. The van der Waals surface area contributed by atoms with Crippen molar-refractivity contribution in [2.75, 3.05) is 26.5 Å². The number of hydrogen-bond donors (Lipinski definition) is 3. The Morgan fingerprint density at radius 3 is 2.40 bits per heavy atom. The Morgan fingerprint density at radius 2 is 1.88 bits per heavy atom. The second kappa shape index (κ2) is 8.36. The van der Waals surface area contributed by atoms with Crippen molar-refractivity contribution in [3.05, 3.63) is 23.8 Å². The Hall–Kier alpha value is -2.77. The van der Waals surface area contributed by atoms with E-state index in [1.807, 2.05) is 0 Å². The summed E-state index contributed by atoms with van der Waals surface area (Å²) in [5.41, 5.74) is 0.162. The highest BCUT2D eigenvalue weighted by Gasteiger charge is 2.22. The minimum Gasteiger partial charge on any atom is -0.495 e. The maximum absolute atomic E-state index is 12.2. The number of ether oxygens (including phenoxy) is 1. The third kappa shape index (κ3) is 6.33. The largest absolute Gasteiger partial charge is 0.495 e. The normalized spacial score (nSPS) is 10.8. The summed E-state index contributed by atoms with van der Waals surface area (Å²) in [6.45, 7) is 3.48. The summed E-state index contributed by atoms with van der Waals surface area (Å²) in [6, 6.07) is 4.24. The van der Waals surface area contributed by atoms with E-state index in [2.05, 4.69) is 10.6 Å². The molecule has 0 saturated carbocycles. The number of carbonyl (C=O) groups is 3. The lowest BCUT2D eigenvalue weighted by Gasteiger charge is -2.26. The van der Waals surface area contributed by atoms with Crippen LogP contribution >= 0.6 is 0 Å². The molecule has 0 aliphatic heterocycles. The Bertz CT molecular complexity index is 656. The molecule has 0 atom stereocenters. The number of carbonyl (C=O) groups excluding carboxylic acids is 2. The molecule has 0 fully saturated rings. The zero-order chi connectivity index (χ0) is 19.2. The van der Waals surface area contributed by atoms with Crippen molar-refractivity contribution in [2.45, 2.75) is 32.2 Å². The van der Waals surface area contributed by atoms with Crippen LogP contribution in [0.1, 0.15) is 37.0 Å². The summed E-state index contributed by atoms with van der Waals surface area (Å²) in [6.07, 6.45) is 0.251. The van der Waals surface area contributed by atoms with Gasteiger partial charge in [-0.15, -0.1) is 0 Å². The van der Waals surface area contributed by atoms with E-state index in [9.17, 15) is 14.4 Å². The SMILES string of the molecule is COc1cc(C(=O)N(C)C)ccc1NC(=O)NC(C)(C)CCC(=O)O. The van der Waals surface area contributed by atoms with Crippen LogP contribution in [0.4, 0.5) is 10.5 Å². The highest BCUT2D eigenvalue weighted by Crippen LogP contribution is 2.26. The average Bonchev–Trinajstić information content (AvgIpc) is 2.52. The van der Waals surface area contributed by atoms with Crippen molar-refractivity contribution in [3.63, 3.8) is 0 Å². The third-order valence-corrected chi connectivity index (χ3v) is 3.52. The van der Waals surface area contributed by atoms with Crippen molar-refractivity contribution >= 4 is 23.6 Å². The lowest BCUT2D eigenvalue weighted by molar-refractivity contribution is -0.137. The van der Waals surface area contributed by atoms with Gasteiger partial charge in [0.15, 0.2) is 0 Å². The molecular formula is C17H25N3O5. The highest BCUT2D eigenvalue weighted by atomic mass is 16.5. The molecule has 0 unspecified atom stereocenters. The maximum atomic E-state index is 12.2. The average molecular weight is 351 g/mol. The number of amides is 3. The molecule has 1 aromatic carbocycles. The van der Waals surface area contributed by atoms with Crippen LogP contribution in [-0.2, 0) is 4.79 Å². The Kier molecular flexibility index (Phi) is 6.78. The fourth-order valence-corrected chi connectivity index (χ4v) is 2.13. The maximum Gasteiger partial charge on any atom is 0.319 e. The lowest BCUT2D eigenvalue weighted by atomic mass is 9.99. The van der Waals surface area contributed by atoms with Crippen LogP contribution in [0.3, 0.4) is 0 Å². The first kappa shape index (κ1) is 20.3. The Balaban J connectivity index is 2.83. The van der Waals surface area contributed by atoms with E-state index in [0.717, 1.165) is 0 Å². The molecule has 0 spiro atoms. The molecule has 3 amide bonds. The second-order valence-electron chi connectivity index (χ2n) is 6.47. The van der Waals surface area contributed by atoms with Crippen LogP contribution in [0, 0.1) is 0 Å². The molecule has 0 radical (unpaired) electrons. The van der Waals surface area contributed by atoms with Gasteiger partial charge in [0.2, 0.25) is 0 Å². The van der Waals surface area contributed by atoms with Crippen LogP contribution in [0.15, 0.2) is 18.2 Å². The van der Waals surface area contributed by atoms with Crippen LogP contribution in [0.2, 0.25) is 0 Å². The van der Waals surface area contributed by atoms with Gasteiger partial charge in [0.05, 0.1) is 12.8 Å². The van der Waals surface area contributed by atoms with Crippen LogP contribution < -0.4 is 15.4 Å². The fraction of sp³-hybridized carbons (Fsp3) is 0.471. The van der Waals surface area contributed by atoms with Gasteiger partial charge >= 0.3 is 12.0 Å². The Labute approximate surface area is 147 Å². The number of methoxy groups -OCH3 is 1. The minimum atomic E-state index is -0.918. The molecule has 1 aromatic rings. The van der Waals surface area contributed by atoms with Crippen LogP contribution in [-0.4, -0.2) is 54.7 Å². The molecule has 0 bridgehead atoms. The number of carboxylic acid groups (broad SMARTS) is 1. The van der Waals surface area contributed by atoms with E-state index in [1.54, 1.807) is 46.1 Å². The van der Waals surface area contributed by atoms with Crippen molar-refractivity contribution < 1.29 is 24.2 Å². The van der Waals surface area contributed by atoms with Gasteiger partial charge in [0, 0.05) is 31.6 Å². The number of benzene rings is 1. The number of rotatable bonds is 7. The number of urea groups is 1.